The van der Waals surface area contributed by atoms with Gasteiger partial charge in [0.15, 0.2) is 0 Å². The Balaban J connectivity index is 1.41. The van der Waals surface area contributed by atoms with Gasteiger partial charge < -0.3 is 30.3 Å². The van der Waals surface area contributed by atoms with Crippen molar-refractivity contribution in [2.24, 2.45) is 5.92 Å². The number of piperazine rings is 1. The SMILES string of the molecule is COc1ccc(NCCNC(=O)[C@H](CC(C)C)NC(=O)CN2CCN(c3ccc(OC)cc3)CC2)cc1. The molecule has 0 unspecified atom stereocenters. The summed E-state index contributed by atoms with van der Waals surface area (Å²) in [6, 6.07) is 15.1. The van der Waals surface area contributed by atoms with Crippen LogP contribution in [0.2, 0.25) is 0 Å². The average Bonchev–Trinajstić information content (AvgIpc) is 2.91. The topological polar surface area (TPSA) is 95.2 Å². The Kier molecular flexibility index (Phi) is 10.9. The van der Waals surface area contributed by atoms with Crippen molar-refractivity contribution in [2.75, 3.05) is 70.2 Å². The number of amides is 2. The van der Waals surface area contributed by atoms with Gasteiger partial charge in [-0.1, -0.05) is 13.8 Å². The lowest BCUT2D eigenvalue weighted by molar-refractivity contribution is -0.130. The standard InChI is InChI=1S/C28H41N5O4/c1-21(2)19-26(28(35)30-14-13-29-22-5-9-24(36-3)10-6-22)31-27(34)20-32-15-17-33(18-16-32)23-7-11-25(37-4)12-8-23/h5-12,21,26,29H,13-20H2,1-4H3,(H,30,35)(H,31,34)/t26-/m0/s1. The third kappa shape index (κ3) is 9.17. The lowest BCUT2D eigenvalue weighted by Gasteiger charge is -2.36. The van der Waals surface area contributed by atoms with Crippen molar-refractivity contribution in [3.8, 4) is 11.5 Å². The van der Waals surface area contributed by atoms with E-state index in [1.165, 1.54) is 0 Å². The zero-order valence-corrected chi connectivity index (χ0v) is 22.5. The molecule has 3 N–H and O–H groups in total. The van der Waals surface area contributed by atoms with Crippen LogP contribution < -0.4 is 30.3 Å². The smallest absolute Gasteiger partial charge is 0.242 e. The summed E-state index contributed by atoms with van der Waals surface area (Å²) in [6.45, 7) is 8.70. The molecule has 2 aromatic rings. The van der Waals surface area contributed by atoms with Crippen LogP contribution in [0, 0.1) is 5.92 Å². The first-order chi connectivity index (χ1) is 17.9. The highest BCUT2D eigenvalue weighted by Gasteiger charge is 2.24. The summed E-state index contributed by atoms with van der Waals surface area (Å²) in [5.41, 5.74) is 2.11. The Morgan fingerprint density at radius 2 is 1.46 bits per heavy atom. The van der Waals surface area contributed by atoms with Gasteiger partial charge in [-0.25, -0.2) is 0 Å². The monoisotopic (exact) mass is 511 g/mol. The van der Waals surface area contributed by atoms with Crippen LogP contribution in [-0.2, 0) is 9.59 Å². The molecule has 3 rings (SSSR count). The molecule has 2 amide bonds. The minimum atomic E-state index is -0.547. The number of benzene rings is 2. The summed E-state index contributed by atoms with van der Waals surface area (Å²) in [6.07, 6.45) is 0.592. The molecule has 1 aliphatic rings. The third-order valence-electron chi connectivity index (χ3n) is 6.38. The van der Waals surface area contributed by atoms with Crippen molar-refractivity contribution in [3.05, 3.63) is 48.5 Å². The van der Waals surface area contributed by atoms with Crippen molar-refractivity contribution in [2.45, 2.75) is 26.3 Å². The summed E-state index contributed by atoms with van der Waals surface area (Å²) in [7, 11) is 3.30. The van der Waals surface area contributed by atoms with Crippen LogP contribution >= 0.6 is 0 Å². The van der Waals surface area contributed by atoms with Crippen LogP contribution in [0.15, 0.2) is 48.5 Å². The molecule has 0 bridgehead atoms. The van der Waals surface area contributed by atoms with Crippen LogP contribution in [-0.4, -0.2) is 82.8 Å². The largest absolute Gasteiger partial charge is 0.497 e. The molecule has 0 saturated carbocycles. The van der Waals surface area contributed by atoms with Crippen LogP contribution in [0.3, 0.4) is 0 Å². The van der Waals surface area contributed by atoms with Gasteiger partial charge in [-0.15, -0.1) is 0 Å². The molecular formula is C28H41N5O4. The normalized spacial score (nSPS) is 14.7. The summed E-state index contributed by atoms with van der Waals surface area (Å²) >= 11 is 0. The lowest BCUT2D eigenvalue weighted by atomic mass is 10.0. The van der Waals surface area contributed by atoms with E-state index in [1.54, 1.807) is 14.2 Å². The maximum atomic E-state index is 12.8. The molecule has 2 aromatic carbocycles. The number of hydrogen-bond donors (Lipinski definition) is 3. The van der Waals surface area contributed by atoms with Crippen LogP contribution in [0.1, 0.15) is 20.3 Å². The second-order valence-corrected chi connectivity index (χ2v) is 9.66. The molecule has 9 heteroatoms. The average molecular weight is 512 g/mol. The van der Waals surface area contributed by atoms with E-state index in [-0.39, 0.29) is 24.3 Å². The fraction of sp³-hybridized carbons (Fsp3) is 0.500. The fourth-order valence-corrected chi connectivity index (χ4v) is 4.33. The Morgan fingerprint density at radius 3 is 2.03 bits per heavy atom. The third-order valence-corrected chi connectivity index (χ3v) is 6.38. The van der Waals surface area contributed by atoms with Crippen LogP contribution in [0.25, 0.3) is 0 Å². The number of carbonyl (C=O) groups is 2. The molecular weight excluding hydrogens is 470 g/mol. The first-order valence-electron chi connectivity index (χ1n) is 12.9. The number of nitrogens with one attached hydrogen (secondary N) is 3. The molecule has 0 radical (unpaired) electrons. The summed E-state index contributed by atoms with van der Waals surface area (Å²) in [5, 5.41) is 9.19. The van der Waals surface area contributed by atoms with Gasteiger partial charge in [0, 0.05) is 50.6 Å². The van der Waals surface area contributed by atoms with Gasteiger partial charge in [-0.05, 0) is 60.9 Å². The van der Waals surface area contributed by atoms with Crippen LogP contribution in [0.5, 0.6) is 11.5 Å². The lowest BCUT2D eigenvalue weighted by Crippen LogP contribution is -2.53. The Labute approximate surface area is 220 Å². The molecule has 202 valence electrons. The Bertz CT molecular complexity index is 973. The first kappa shape index (κ1) is 28.1. The van der Waals surface area contributed by atoms with Gasteiger partial charge in [0.1, 0.15) is 17.5 Å². The molecule has 0 spiro atoms. The number of nitrogens with zero attached hydrogens (tertiary/aromatic N) is 2. The molecule has 1 heterocycles. The molecule has 1 aliphatic heterocycles. The zero-order valence-electron chi connectivity index (χ0n) is 22.5. The number of ether oxygens (including phenoxy) is 2. The highest BCUT2D eigenvalue weighted by Crippen LogP contribution is 2.20. The Morgan fingerprint density at radius 1 is 0.865 bits per heavy atom. The molecule has 1 fully saturated rings. The van der Waals surface area contributed by atoms with Gasteiger partial charge in [-0.3, -0.25) is 14.5 Å². The number of carbonyl (C=O) groups excluding carboxylic acids is 2. The van der Waals surface area contributed by atoms with E-state index in [0.29, 0.717) is 19.5 Å². The van der Waals surface area contributed by atoms with Crippen molar-refractivity contribution < 1.29 is 19.1 Å². The molecule has 37 heavy (non-hydrogen) atoms. The highest BCUT2D eigenvalue weighted by atomic mass is 16.5. The second-order valence-electron chi connectivity index (χ2n) is 9.66. The first-order valence-corrected chi connectivity index (χ1v) is 12.9. The van der Waals surface area contributed by atoms with Gasteiger partial charge in [0.05, 0.1) is 20.8 Å². The van der Waals surface area contributed by atoms with E-state index < -0.39 is 6.04 Å². The van der Waals surface area contributed by atoms with E-state index in [1.807, 2.05) is 36.4 Å². The maximum absolute atomic E-state index is 12.8. The number of rotatable bonds is 13. The summed E-state index contributed by atoms with van der Waals surface area (Å²) in [4.78, 5) is 30.1. The highest BCUT2D eigenvalue weighted by molar-refractivity contribution is 5.88. The summed E-state index contributed by atoms with van der Waals surface area (Å²) < 4.78 is 10.4. The molecule has 9 nitrogen and oxygen atoms in total. The molecule has 1 atom stereocenters. The van der Waals surface area contributed by atoms with Crippen molar-refractivity contribution in [1.82, 2.24) is 15.5 Å². The van der Waals surface area contributed by atoms with E-state index in [4.69, 9.17) is 9.47 Å². The van der Waals surface area contributed by atoms with E-state index >= 15 is 0 Å². The van der Waals surface area contributed by atoms with Gasteiger partial charge in [0.25, 0.3) is 0 Å². The zero-order chi connectivity index (χ0) is 26.6. The van der Waals surface area contributed by atoms with Gasteiger partial charge in [-0.2, -0.15) is 0 Å². The molecule has 0 aliphatic carbocycles. The maximum Gasteiger partial charge on any atom is 0.242 e. The molecule has 1 saturated heterocycles. The number of anilines is 2. The van der Waals surface area contributed by atoms with Crippen molar-refractivity contribution in [3.63, 3.8) is 0 Å². The fourth-order valence-electron chi connectivity index (χ4n) is 4.33. The van der Waals surface area contributed by atoms with Crippen molar-refractivity contribution >= 4 is 23.2 Å². The van der Waals surface area contributed by atoms with Gasteiger partial charge in [0.2, 0.25) is 11.8 Å². The number of methoxy groups -OCH3 is 2. The molecule has 0 aromatic heterocycles. The Hall–Kier alpha value is -3.46. The summed E-state index contributed by atoms with van der Waals surface area (Å²) in [5.74, 6) is 1.65. The number of hydrogen-bond acceptors (Lipinski definition) is 7. The minimum absolute atomic E-state index is 0.116. The van der Waals surface area contributed by atoms with Crippen LogP contribution in [0.4, 0.5) is 11.4 Å². The van der Waals surface area contributed by atoms with E-state index in [2.05, 4.69) is 51.7 Å². The second kappa shape index (κ2) is 14.3. The van der Waals surface area contributed by atoms with E-state index in [0.717, 1.165) is 49.1 Å². The minimum Gasteiger partial charge on any atom is -0.497 e. The predicted octanol–water partition coefficient (Wildman–Crippen LogP) is 2.59. The quantitative estimate of drug-likeness (QED) is 0.356. The predicted molar refractivity (Wildman–Crippen MR) is 148 cm³/mol. The van der Waals surface area contributed by atoms with E-state index in [9.17, 15) is 9.59 Å². The van der Waals surface area contributed by atoms with Gasteiger partial charge >= 0.3 is 0 Å². The van der Waals surface area contributed by atoms with Crippen molar-refractivity contribution in [1.29, 1.82) is 0 Å².